The number of hydrogen-bond acceptors (Lipinski definition) is 5. The smallest absolute Gasteiger partial charge is 0.416 e. The van der Waals surface area contributed by atoms with Crippen molar-refractivity contribution in [2.45, 2.75) is 26.1 Å². The van der Waals surface area contributed by atoms with E-state index in [0.29, 0.717) is 4.88 Å². The first-order valence-corrected chi connectivity index (χ1v) is 9.44. The number of benzene rings is 1. The van der Waals surface area contributed by atoms with Crippen LogP contribution in [0.4, 0.5) is 18.9 Å². The van der Waals surface area contributed by atoms with Crippen molar-refractivity contribution in [1.29, 1.82) is 0 Å². The molecule has 2 amide bonds. The van der Waals surface area contributed by atoms with Gasteiger partial charge in [0.05, 0.1) is 10.4 Å². The van der Waals surface area contributed by atoms with Crippen molar-refractivity contribution < 1.29 is 32.3 Å². The van der Waals surface area contributed by atoms with Crippen molar-refractivity contribution in [2.24, 2.45) is 5.92 Å². The molecule has 10 heteroatoms. The van der Waals surface area contributed by atoms with Gasteiger partial charge in [-0.2, -0.15) is 13.2 Å². The lowest BCUT2D eigenvalue weighted by Crippen LogP contribution is -2.45. The van der Waals surface area contributed by atoms with Crippen LogP contribution in [0.15, 0.2) is 41.8 Å². The standard InChI is InChI=1S/C19H19F3N2O4S/c1-11(2)16(24-17(26)14-4-3-9-29-14)18(27)28-10-15(25)23-13-7-5-12(6-8-13)19(20,21)22/h3-9,11,16H,10H2,1-2H3,(H,23,25)(H,24,26). The predicted octanol–water partition coefficient (Wildman–Crippen LogP) is 3.70. The van der Waals surface area contributed by atoms with Gasteiger partial charge in [0.15, 0.2) is 6.61 Å². The largest absolute Gasteiger partial charge is 0.454 e. The summed E-state index contributed by atoms with van der Waals surface area (Å²) in [5, 5.41) is 6.63. The van der Waals surface area contributed by atoms with Crippen molar-refractivity contribution in [3.8, 4) is 0 Å². The molecule has 0 spiro atoms. The molecule has 156 valence electrons. The molecule has 0 aliphatic carbocycles. The van der Waals surface area contributed by atoms with Crippen LogP contribution < -0.4 is 10.6 Å². The molecule has 0 aliphatic rings. The monoisotopic (exact) mass is 428 g/mol. The minimum atomic E-state index is -4.47. The van der Waals surface area contributed by atoms with E-state index in [2.05, 4.69) is 10.6 Å². The van der Waals surface area contributed by atoms with Gasteiger partial charge in [-0.1, -0.05) is 19.9 Å². The Balaban J connectivity index is 1.88. The average Bonchev–Trinajstić information content (AvgIpc) is 3.18. The van der Waals surface area contributed by atoms with Crippen LogP contribution in [0, 0.1) is 5.92 Å². The molecule has 29 heavy (non-hydrogen) atoms. The number of nitrogens with one attached hydrogen (secondary N) is 2. The maximum absolute atomic E-state index is 12.5. The normalized spacial score (nSPS) is 12.3. The zero-order valence-electron chi connectivity index (χ0n) is 15.6. The fourth-order valence-corrected chi connectivity index (χ4v) is 2.91. The van der Waals surface area contributed by atoms with E-state index < -0.39 is 42.2 Å². The van der Waals surface area contributed by atoms with Gasteiger partial charge >= 0.3 is 12.1 Å². The molecule has 6 nitrogen and oxygen atoms in total. The van der Waals surface area contributed by atoms with Crippen LogP contribution in [0.5, 0.6) is 0 Å². The predicted molar refractivity (Wildman–Crippen MR) is 101 cm³/mol. The number of hydrogen-bond donors (Lipinski definition) is 2. The van der Waals surface area contributed by atoms with Gasteiger partial charge in [0.1, 0.15) is 6.04 Å². The fourth-order valence-electron chi connectivity index (χ4n) is 2.28. The molecule has 0 saturated carbocycles. The molecule has 2 N–H and O–H groups in total. The number of alkyl halides is 3. The number of carbonyl (C=O) groups excluding carboxylic acids is 3. The quantitative estimate of drug-likeness (QED) is 0.659. The third-order valence-electron chi connectivity index (χ3n) is 3.79. The van der Waals surface area contributed by atoms with E-state index in [4.69, 9.17) is 4.74 Å². The summed E-state index contributed by atoms with van der Waals surface area (Å²) in [5.74, 6) is -2.22. The van der Waals surface area contributed by atoms with E-state index in [9.17, 15) is 27.6 Å². The molecule has 1 atom stereocenters. The second-order valence-corrected chi connectivity index (χ2v) is 7.35. The average molecular weight is 428 g/mol. The van der Waals surface area contributed by atoms with Crippen LogP contribution in [0.25, 0.3) is 0 Å². The zero-order chi connectivity index (χ0) is 21.6. The van der Waals surface area contributed by atoms with Gasteiger partial charge in [-0.05, 0) is 41.6 Å². The Bertz CT molecular complexity index is 849. The molecule has 2 rings (SSSR count). The number of rotatable bonds is 7. The Morgan fingerprint density at radius 2 is 1.76 bits per heavy atom. The molecular formula is C19H19F3N2O4S. The summed E-state index contributed by atoms with van der Waals surface area (Å²) in [7, 11) is 0. The Morgan fingerprint density at radius 1 is 1.10 bits per heavy atom. The molecule has 1 aromatic carbocycles. The van der Waals surface area contributed by atoms with E-state index in [0.717, 1.165) is 24.3 Å². The van der Waals surface area contributed by atoms with Crippen LogP contribution in [0.1, 0.15) is 29.1 Å². The lowest BCUT2D eigenvalue weighted by atomic mass is 10.0. The second-order valence-electron chi connectivity index (χ2n) is 6.40. The first kappa shape index (κ1) is 22.4. The van der Waals surface area contributed by atoms with Gasteiger partial charge < -0.3 is 15.4 Å². The third-order valence-corrected chi connectivity index (χ3v) is 4.66. The summed E-state index contributed by atoms with van der Waals surface area (Å²) in [4.78, 5) is 36.7. The van der Waals surface area contributed by atoms with E-state index >= 15 is 0 Å². The molecular weight excluding hydrogens is 409 g/mol. The summed E-state index contributed by atoms with van der Waals surface area (Å²) in [6.07, 6.45) is -4.47. The highest BCUT2D eigenvalue weighted by atomic mass is 32.1. The van der Waals surface area contributed by atoms with Crippen LogP contribution in [0.2, 0.25) is 0 Å². The molecule has 1 aromatic heterocycles. The first-order valence-electron chi connectivity index (χ1n) is 8.56. The molecule has 0 radical (unpaired) electrons. The summed E-state index contributed by atoms with van der Waals surface area (Å²) < 4.78 is 42.6. The Hall–Kier alpha value is -2.88. The molecule has 0 fully saturated rings. The number of ether oxygens (including phenoxy) is 1. The van der Waals surface area contributed by atoms with Crippen molar-refractivity contribution in [3.63, 3.8) is 0 Å². The number of carbonyl (C=O) groups is 3. The van der Waals surface area contributed by atoms with E-state index in [1.807, 2.05) is 0 Å². The lowest BCUT2D eigenvalue weighted by molar-refractivity contribution is -0.150. The number of anilines is 1. The maximum atomic E-state index is 12.5. The van der Waals surface area contributed by atoms with Crippen LogP contribution in [-0.2, 0) is 20.5 Å². The summed E-state index contributed by atoms with van der Waals surface area (Å²) in [5.41, 5.74) is -0.714. The molecule has 0 aliphatic heterocycles. The number of thiophene rings is 1. The summed E-state index contributed by atoms with van der Waals surface area (Å²) >= 11 is 1.22. The zero-order valence-corrected chi connectivity index (χ0v) is 16.4. The van der Waals surface area contributed by atoms with Crippen molar-refractivity contribution in [3.05, 3.63) is 52.2 Å². The highest BCUT2D eigenvalue weighted by molar-refractivity contribution is 7.12. The molecule has 1 heterocycles. The summed E-state index contributed by atoms with van der Waals surface area (Å²) in [6.45, 7) is 2.78. The second kappa shape index (κ2) is 9.55. The molecule has 0 saturated heterocycles. The SMILES string of the molecule is CC(C)C(NC(=O)c1cccs1)C(=O)OCC(=O)Nc1ccc(C(F)(F)F)cc1. The van der Waals surface area contributed by atoms with Gasteiger partial charge in [-0.3, -0.25) is 9.59 Å². The van der Waals surface area contributed by atoms with Gasteiger partial charge in [0.2, 0.25) is 0 Å². The van der Waals surface area contributed by atoms with Gasteiger partial charge in [0, 0.05) is 5.69 Å². The summed E-state index contributed by atoms with van der Waals surface area (Å²) in [6, 6.07) is 6.21. The van der Waals surface area contributed by atoms with Crippen LogP contribution in [-0.4, -0.2) is 30.4 Å². The van der Waals surface area contributed by atoms with E-state index in [1.165, 1.54) is 11.3 Å². The van der Waals surface area contributed by atoms with E-state index in [1.54, 1.807) is 31.4 Å². The van der Waals surface area contributed by atoms with Gasteiger partial charge in [-0.15, -0.1) is 11.3 Å². The Kier molecular flexibility index (Phi) is 7.38. The lowest BCUT2D eigenvalue weighted by Gasteiger charge is -2.20. The van der Waals surface area contributed by atoms with Crippen molar-refractivity contribution in [1.82, 2.24) is 5.32 Å². The van der Waals surface area contributed by atoms with Crippen molar-refractivity contribution >= 4 is 34.8 Å². The molecule has 2 aromatic rings. The Labute approximate surface area is 169 Å². The van der Waals surface area contributed by atoms with Gasteiger partial charge in [-0.25, -0.2) is 4.79 Å². The Morgan fingerprint density at radius 3 is 2.28 bits per heavy atom. The topological polar surface area (TPSA) is 84.5 Å². The highest BCUT2D eigenvalue weighted by Gasteiger charge is 2.30. The van der Waals surface area contributed by atoms with E-state index in [-0.39, 0.29) is 11.6 Å². The minimum absolute atomic E-state index is 0.130. The molecule has 0 bridgehead atoms. The fraction of sp³-hybridized carbons (Fsp3) is 0.316. The minimum Gasteiger partial charge on any atom is -0.454 e. The molecule has 1 unspecified atom stereocenters. The first-order chi connectivity index (χ1) is 13.6. The van der Waals surface area contributed by atoms with Crippen LogP contribution in [0.3, 0.4) is 0 Å². The van der Waals surface area contributed by atoms with Crippen LogP contribution >= 0.6 is 11.3 Å². The number of esters is 1. The number of amides is 2. The number of halogens is 3. The third kappa shape index (κ3) is 6.60. The highest BCUT2D eigenvalue weighted by Crippen LogP contribution is 2.29. The van der Waals surface area contributed by atoms with Gasteiger partial charge in [0.25, 0.3) is 11.8 Å². The maximum Gasteiger partial charge on any atom is 0.416 e. The van der Waals surface area contributed by atoms with Crippen molar-refractivity contribution in [2.75, 3.05) is 11.9 Å².